The van der Waals surface area contributed by atoms with Gasteiger partial charge < -0.3 is 5.73 Å². The van der Waals surface area contributed by atoms with Crippen LogP contribution in [-0.4, -0.2) is 18.0 Å². The molecule has 1 aliphatic heterocycles. The van der Waals surface area contributed by atoms with Gasteiger partial charge >= 0.3 is 0 Å². The summed E-state index contributed by atoms with van der Waals surface area (Å²) in [5.41, 5.74) is 9.62. The summed E-state index contributed by atoms with van der Waals surface area (Å²) in [7, 11) is 0. The highest BCUT2D eigenvalue weighted by molar-refractivity contribution is 5.50. The number of nitrogen functional groups attached to an aromatic ring is 1. The summed E-state index contributed by atoms with van der Waals surface area (Å²) in [5.74, 6) is 0.894. The average molecular weight is 218 g/mol. The van der Waals surface area contributed by atoms with E-state index >= 15 is 0 Å². The Hall–Kier alpha value is -1.02. The summed E-state index contributed by atoms with van der Waals surface area (Å²) in [5, 5.41) is 0. The third-order valence-electron chi connectivity index (χ3n) is 3.70. The van der Waals surface area contributed by atoms with Gasteiger partial charge in [0.25, 0.3) is 0 Å². The molecule has 0 bridgehead atoms. The van der Waals surface area contributed by atoms with Gasteiger partial charge in [0, 0.05) is 12.2 Å². The van der Waals surface area contributed by atoms with E-state index in [4.69, 9.17) is 5.73 Å². The minimum atomic E-state index is 0.894. The van der Waals surface area contributed by atoms with E-state index in [2.05, 4.69) is 24.8 Å². The molecule has 1 aliphatic rings. The Bertz CT molecular complexity index is 332. The van der Waals surface area contributed by atoms with Crippen molar-refractivity contribution in [3.63, 3.8) is 0 Å². The normalized spacial score (nSPS) is 18.9. The largest absolute Gasteiger partial charge is 0.398 e. The molecular formula is C14H22N2. The second kappa shape index (κ2) is 4.88. The van der Waals surface area contributed by atoms with E-state index < -0.39 is 0 Å². The third-order valence-corrected chi connectivity index (χ3v) is 3.70. The maximum Gasteiger partial charge on any atom is 0.0362 e. The first-order valence-corrected chi connectivity index (χ1v) is 6.23. The lowest BCUT2D eigenvalue weighted by molar-refractivity contribution is 0.185. The standard InChI is InChI=1S/C14H22N2/c1-11-6-8-16(9-7-11)10-13-12(2)4-3-5-14(13)15/h3-5,11H,6-10,15H2,1-2H3. The number of nitrogens with two attached hydrogens (primary N) is 1. The fourth-order valence-electron chi connectivity index (χ4n) is 2.38. The molecule has 0 aliphatic carbocycles. The zero-order valence-electron chi connectivity index (χ0n) is 10.4. The monoisotopic (exact) mass is 218 g/mol. The van der Waals surface area contributed by atoms with Crippen LogP contribution >= 0.6 is 0 Å². The summed E-state index contributed by atoms with van der Waals surface area (Å²) >= 11 is 0. The fraction of sp³-hybridized carbons (Fsp3) is 0.571. The van der Waals surface area contributed by atoms with Gasteiger partial charge in [-0.15, -0.1) is 0 Å². The number of rotatable bonds is 2. The molecule has 1 aromatic carbocycles. The van der Waals surface area contributed by atoms with Crippen LogP contribution in [0.1, 0.15) is 30.9 Å². The summed E-state index contributed by atoms with van der Waals surface area (Å²) in [6.45, 7) is 7.95. The predicted octanol–water partition coefficient (Wildman–Crippen LogP) is 2.81. The minimum absolute atomic E-state index is 0.894. The van der Waals surface area contributed by atoms with Gasteiger partial charge in [-0.25, -0.2) is 0 Å². The number of aryl methyl sites for hydroxylation is 1. The smallest absolute Gasteiger partial charge is 0.0362 e. The maximum atomic E-state index is 6.04. The van der Waals surface area contributed by atoms with Crippen LogP contribution in [-0.2, 0) is 6.54 Å². The lowest BCUT2D eigenvalue weighted by Gasteiger charge is -2.30. The van der Waals surface area contributed by atoms with E-state index in [1.54, 1.807) is 0 Å². The first kappa shape index (κ1) is 11.5. The van der Waals surface area contributed by atoms with E-state index in [1.165, 1.54) is 37.1 Å². The van der Waals surface area contributed by atoms with Gasteiger partial charge in [0.15, 0.2) is 0 Å². The zero-order chi connectivity index (χ0) is 11.5. The van der Waals surface area contributed by atoms with E-state index in [0.29, 0.717) is 0 Å². The molecule has 0 saturated carbocycles. The van der Waals surface area contributed by atoms with E-state index in [-0.39, 0.29) is 0 Å². The Morgan fingerprint density at radius 1 is 1.31 bits per heavy atom. The highest BCUT2D eigenvalue weighted by Crippen LogP contribution is 2.22. The van der Waals surface area contributed by atoms with Crippen LogP contribution in [0.2, 0.25) is 0 Å². The molecule has 1 aromatic rings. The topological polar surface area (TPSA) is 29.3 Å². The highest BCUT2D eigenvalue weighted by atomic mass is 15.1. The molecule has 1 saturated heterocycles. The molecular weight excluding hydrogens is 196 g/mol. The van der Waals surface area contributed by atoms with Crippen LogP contribution in [0.25, 0.3) is 0 Å². The lowest BCUT2D eigenvalue weighted by atomic mass is 9.98. The molecule has 0 spiro atoms. The Labute approximate surface area is 98.4 Å². The zero-order valence-corrected chi connectivity index (χ0v) is 10.4. The molecule has 16 heavy (non-hydrogen) atoms. The molecule has 2 heteroatoms. The molecule has 2 rings (SSSR count). The Morgan fingerprint density at radius 2 is 2.00 bits per heavy atom. The quantitative estimate of drug-likeness (QED) is 0.773. The molecule has 0 unspecified atom stereocenters. The van der Waals surface area contributed by atoms with E-state index in [9.17, 15) is 0 Å². The van der Waals surface area contributed by atoms with Gasteiger partial charge in [0.05, 0.1) is 0 Å². The van der Waals surface area contributed by atoms with Crippen LogP contribution < -0.4 is 5.73 Å². The number of benzene rings is 1. The molecule has 1 fully saturated rings. The van der Waals surface area contributed by atoms with Crippen LogP contribution in [0.3, 0.4) is 0 Å². The van der Waals surface area contributed by atoms with Crippen molar-refractivity contribution in [2.45, 2.75) is 33.2 Å². The van der Waals surface area contributed by atoms with Crippen molar-refractivity contribution in [1.29, 1.82) is 0 Å². The molecule has 2 N–H and O–H groups in total. The first-order valence-electron chi connectivity index (χ1n) is 6.23. The maximum absolute atomic E-state index is 6.04. The summed E-state index contributed by atoms with van der Waals surface area (Å²) in [6, 6.07) is 6.19. The van der Waals surface area contributed by atoms with E-state index in [0.717, 1.165) is 18.2 Å². The van der Waals surface area contributed by atoms with Gasteiger partial charge in [0.1, 0.15) is 0 Å². The second-order valence-corrected chi connectivity index (χ2v) is 5.10. The van der Waals surface area contributed by atoms with Gasteiger partial charge in [-0.05, 0) is 56.0 Å². The number of anilines is 1. The number of nitrogens with zero attached hydrogens (tertiary/aromatic N) is 1. The van der Waals surface area contributed by atoms with Crippen molar-refractivity contribution < 1.29 is 0 Å². The first-order chi connectivity index (χ1) is 7.66. The lowest BCUT2D eigenvalue weighted by Crippen LogP contribution is -2.32. The van der Waals surface area contributed by atoms with Crippen molar-refractivity contribution >= 4 is 5.69 Å². The summed E-state index contributed by atoms with van der Waals surface area (Å²) < 4.78 is 0. The number of hydrogen-bond acceptors (Lipinski definition) is 2. The number of likely N-dealkylation sites (tertiary alicyclic amines) is 1. The number of piperidine rings is 1. The molecule has 0 atom stereocenters. The molecule has 0 amide bonds. The van der Waals surface area contributed by atoms with Crippen LogP contribution in [0.5, 0.6) is 0 Å². The average Bonchev–Trinajstić information content (AvgIpc) is 2.26. The minimum Gasteiger partial charge on any atom is -0.398 e. The van der Waals surface area contributed by atoms with Crippen molar-refractivity contribution in [3.8, 4) is 0 Å². The Morgan fingerprint density at radius 3 is 2.62 bits per heavy atom. The van der Waals surface area contributed by atoms with Gasteiger partial charge in [0.2, 0.25) is 0 Å². The summed E-state index contributed by atoms with van der Waals surface area (Å²) in [4.78, 5) is 2.53. The van der Waals surface area contributed by atoms with Gasteiger partial charge in [-0.1, -0.05) is 19.1 Å². The van der Waals surface area contributed by atoms with Gasteiger partial charge in [-0.3, -0.25) is 4.90 Å². The van der Waals surface area contributed by atoms with Crippen molar-refractivity contribution in [1.82, 2.24) is 4.90 Å². The molecule has 2 nitrogen and oxygen atoms in total. The molecule has 1 heterocycles. The Balaban J connectivity index is 2.04. The van der Waals surface area contributed by atoms with Crippen LogP contribution in [0, 0.1) is 12.8 Å². The van der Waals surface area contributed by atoms with Crippen molar-refractivity contribution in [2.75, 3.05) is 18.8 Å². The van der Waals surface area contributed by atoms with Crippen molar-refractivity contribution in [2.24, 2.45) is 5.92 Å². The summed E-state index contributed by atoms with van der Waals surface area (Å²) in [6.07, 6.45) is 2.65. The van der Waals surface area contributed by atoms with Gasteiger partial charge in [-0.2, -0.15) is 0 Å². The fourth-order valence-corrected chi connectivity index (χ4v) is 2.38. The van der Waals surface area contributed by atoms with Crippen molar-refractivity contribution in [3.05, 3.63) is 29.3 Å². The Kier molecular flexibility index (Phi) is 3.49. The SMILES string of the molecule is Cc1cccc(N)c1CN1CCC(C)CC1. The number of hydrogen-bond donors (Lipinski definition) is 1. The molecule has 0 aromatic heterocycles. The van der Waals surface area contributed by atoms with Crippen LogP contribution in [0.4, 0.5) is 5.69 Å². The molecule has 88 valence electrons. The van der Waals surface area contributed by atoms with E-state index in [1.807, 2.05) is 12.1 Å². The third kappa shape index (κ3) is 2.56. The highest BCUT2D eigenvalue weighted by Gasteiger charge is 2.16. The van der Waals surface area contributed by atoms with Crippen LogP contribution in [0.15, 0.2) is 18.2 Å². The second-order valence-electron chi connectivity index (χ2n) is 5.10. The predicted molar refractivity (Wildman–Crippen MR) is 69.3 cm³/mol. The molecule has 0 radical (unpaired) electrons.